The second kappa shape index (κ2) is 8.01. The predicted molar refractivity (Wildman–Crippen MR) is 100 cm³/mol. The largest absolute Gasteiger partial charge is 0.326 e. The Morgan fingerprint density at radius 1 is 1.23 bits per heavy atom. The van der Waals surface area contributed by atoms with Crippen molar-refractivity contribution in [1.29, 1.82) is 0 Å². The normalized spacial score (nSPS) is 11.8. The Morgan fingerprint density at radius 2 is 2.00 bits per heavy atom. The van der Waals surface area contributed by atoms with Gasteiger partial charge in [0.2, 0.25) is 5.27 Å². The molecule has 2 amide bonds. The second-order valence-electron chi connectivity index (χ2n) is 6.13. The van der Waals surface area contributed by atoms with E-state index >= 15 is 0 Å². The average Bonchev–Trinajstić information content (AvgIpc) is 3.07. The lowest BCUT2D eigenvalue weighted by Crippen LogP contribution is -2.40. The number of carbonyl (C=O) groups is 1. The Kier molecular flexibility index (Phi) is 5.53. The zero-order chi connectivity index (χ0) is 18.5. The number of amides is 2. The van der Waals surface area contributed by atoms with E-state index in [9.17, 15) is 4.79 Å². The quantitative estimate of drug-likeness (QED) is 0.654. The van der Waals surface area contributed by atoms with Crippen LogP contribution in [0, 0.1) is 6.92 Å². The zero-order valence-corrected chi connectivity index (χ0v) is 15.3. The molecule has 134 valence electrons. The molecule has 0 spiro atoms. The minimum Gasteiger partial charge on any atom is -0.308 e. The van der Waals surface area contributed by atoms with Crippen molar-refractivity contribution in [2.45, 2.75) is 26.3 Å². The molecule has 0 aliphatic carbocycles. The Bertz CT molecular complexity index is 896. The maximum atomic E-state index is 12.1. The predicted octanol–water partition coefficient (Wildman–Crippen LogP) is 4.37. The third kappa shape index (κ3) is 4.61. The van der Waals surface area contributed by atoms with Crippen LogP contribution in [0.4, 0.5) is 16.4 Å². The summed E-state index contributed by atoms with van der Waals surface area (Å²) in [6.07, 6.45) is 2.47. The number of halogens is 1. The van der Waals surface area contributed by atoms with Crippen LogP contribution in [0.25, 0.3) is 0 Å². The molecule has 0 fully saturated rings. The van der Waals surface area contributed by atoms with E-state index in [1.807, 2.05) is 38.1 Å². The molecule has 0 saturated heterocycles. The van der Waals surface area contributed by atoms with E-state index in [4.69, 9.17) is 16.1 Å². The molecule has 3 rings (SSSR count). The molecule has 1 aromatic heterocycles. The van der Waals surface area contributed by atoms with Crippen LogP contribution >= 0.6 is 11.6 Å². The van der Waals surface area contributed by atoms with Crippen LogP contribution in [-0.4, -0.2) is 11.3 Å². The summed E-state index contributed by atoms with van der Waals surface area (Å²) in [7, 11) is 0. The fourth-order valence-electron chi connectivity index (χ4n) is 2.51. The summed E-state index contributed by atoms with van der Waals surface area (Å²) in [5.74, 6) is 0.264. The summed E-state index contributed by atoms with van der Waals surface area (Å²) >= 11 is 6.06. The van der Waals surface area contributed by atoms with Gasteiger partial charge >= 0.3 is 11.9 Å². The van der Waals surface area contributed by atoms with Gasteiger partial charge in [0.1, 0.15) is 0 Å². The first-order valence-electron chi connectivity index (χ1n) is 8.27. The molecule has 7 heteroatoms. The average molecular weight is 372 g/mol. The molecule has 1 atom stereocenters. The van der Waals surface area contributed by atoms with Crippen molar-refractivity contribution in [2.75, 3.05) is 10.6 Å². The monoisotopic (exact) mass is 371 g/mol. The fraction of sp³-hybridized carbons (Fsp3) is 0.211. The first-order chi connectivity index (χ1) is 12.5. The molecular weight excluding hydrogens is 352 g/mol. The SMILES string of the molecule is Cc1ccc(NC(=O)Nc2c[n+](C(C)Cc3ccccc3)no2)cc1Cl. The Labute approximate surface area is 156 Å². The Balaban J connectivity index is 1.58. The highest BCUT2D eigenvalue weighted by Gasteiger charge is 2.21. The van der Waals surface area contributed by atoms with Crippen LogP contribution in [0.1, 0.15) is 24.1 Å². The van der Waals surface area contributed by atoms with E-state index in [0.29, 0.717) is 10.7 Å². The van der Waals surface area contributed by atoms with Crippen LogP contribution in [-0.2, 0) is 6.42 Å². The van der Waals surface area contributed by atoms with E-state index < -0.39 is 6.03 Å². The van der Waals surface area contributed by atoms with Gasteiger partial charge in [-0.25, -0.2) is 4.79 Å². The maximum absolute atomic E-state index is 12.1. The van der Waals surface area contributed by atoms with Crippen molar-refractivity contribution in [2.24, 2.45) is 0 Å². The van der Waals surface area contributed by atoms with Crippen molar-refractivity contribution in [3.05, 3.63) is 70.9 Å². The Hall–Kier alpha value is -2.86. The minimum atomic E-state index is -0.427. The molecule has 6 nitrogen and oxygen atoms in total. The van der Waals surface area contributed by atoms with Gasteiger partial charge in [0.25, 0.3) is 6.20 Å². The lowest BCUT2D eigenvalue weighted by molar-refractivity contribution is -0.782. The summed E-state index contributed by atoms with van der Waals surface area (Å²) in [5.41, 5.74) is 2.75. The van der Waals surface area contributed by atoms with Crippen LogP contribution in [0.15, 0.2) is 59.3 Å². The molecule has 0 aliphatic rings. The second-order valence-corrected chi connectivity index (χ2v) is 6.54. The molecule has 0 radical (unpaired) electrons. The summed E-state index contributed by atoms with van der Waals surface area (Å²) in [6.45, 7) is 3.93. The lowest BCUT2D eigenvalue weighted by Gasteiger charge is -2.06. The van der Waals surface area contributed by atoms with E-state index in [2.05, 4.69) is 28.0 Å². The van der Waals surface area contributed by atoms with Gasteiger partial charge in [-0.3, -0.25) is 9.84 Å². The van der Waals surface area contributed by atoms with Crippen LogP contribution in [0.3, 0.4) is 0 Å². The number of benzene rings is 2. The number of hydrogen-bond acceptors (Lipinski definition) is 3. The number of rotatable bonds is 5. The Morgan fingerprint density at radius 3 is 2.73 bits per heavy atom. The maximum Gasteiger partial charge on any atom is 0.326 e. The first-order valence-corrected chi connectivity index (χ1v) is 8.65. The molecular formula is C19H20ClN4O2+. The number of aryl methyl sites for hydroxylation is 1. The number of carbonyl (C=O) groups excluding carboxylic acids is 1. The molecule has 3 aromatic rings. The number of aromatic nitrogens is 2. The summed E-state index contributed by atoms with van der Waals surface area (Å²) in [6, 6.07) is 15.1. The van der Waals surface area contributed by atoms with Crippen LogP contribution in [0.5, 0.6) is 0 Å². The lowest BCUT2D eigenvalue weighted by atomic mass is 10.1. The molecule has 1 heterocycles. The molecule has 1 unspecified atom stereocenters. The van der Waals surface area contributed by atoms with Gasteiger partial charge in [-0.05, 0) is 34.9 Å². The van der Waals surface area contributed by atoms with Gasteiger partial charge in [-0.1, -0.05) is 48.0 Å². The molecule has 0 aliphatic heterocycles. The third-order valence-electron chi connectivity index (χ3n) is 3.97. The number of nitrogens with one attached hydrogen (secondary N) is 2. The summed E-state index contributed by atoms with van der Waals surface area (Å²) in [4.78, 5) is 12.1. The molecule has 0 bridgehead atoms. The van der Waals surface area contributed by atoms with Crippen molar-refractivity contribution in [3.8, 4) is 0 Å². The molecule has 2 aromatic carbocycles. The first kappa shape index (κ1) is 17.9. The van der Waals surface area contributed by atoms with Gasteiger partial charge < -0.3 is 5.32 Å². The van der Waals surface area contributed by atoms with Gasteiger partial charge in [0.15, 0.2) is 6.04 Å². The number of urea groups is 1. The minimum absolute atomic E-state index is 0.0932. The van der Waals surface area contributed by atoms with Crippen molar-refractivity contribution < 1.29 is 14.0 Å². The number of anilines is 2. The van der Waals surface area contributed by atoms with Gasteiger partial charge in [0.05, 0.1) is 0 Å². The zero-order valence-electron chi connectivity index (χ0n) is 14.6. The third-order valence-corrected chi connectivity index (χ3v) is 4.38. The molecule has 2 N–H and O–H groups in total. The standard InChI is InChI=1S/C19H19ClN4O2/c1-13-8-9-16(11-17(13)20)21-19(25)22-18-12-24(23-26-18)14(2)10-15-6-4-3-5-7-15/h3-9,11-12,14H,10H2,1-2H3,(H-,21,22,23,25)/p+1. The van der Waals surface area contributed by atoms with Crippen molar-refractivity contribution in [3.63, 3.8) is 0 Å². The summed E-state index contributed by atoms with van der Waals surface area (Å²) in [5, 5.41) is 9.89. The topological polar surface area (TPSA) is 71.0 Å². The van der Waals surface area contributed by atoms with Gasteiger partial charge in [-0.2, -0.15) is 0 Å². The van der Waals surface area contributed by atoms with E-state index in [-0.39, 0.29) is 11.9 Å². The van der Waals surface area contributed by atoms with Crippen molar-refractivity contribution >= 4 is 29.2 Å². The van der Waals surface area contributed by atoms with Crippen LogP contribution in [0.2, 0.25) is 5.02 Å². The highest BCUT2D eigenvalue weighted by Crippen LogP contribution is 2.20. The van der Waals surface area contributed by atoms with E-state index in [0.717, 1.165) is 12.0 Å². The number of hydrogen-bond donors (Lipinski definition) is 2. The van der Waals surface area contributed by atoms with Gasteiger partial charge in [-0.15, -0.1) is 0 Å². The van der Waals surface area contributed by atoms with E-state index in [1.165, 1.54) is 5.56 Å². The highest BCUT2D eigenvalue weighted by atomic mass is 35.5. The molecule has 26 heavy (non-hydrogen) atoms. The highest BCUT2D eigenvalue weighted by molar-refractivity contribution is 6.31. The van der Waals surface area contributed by atoms with Crippen LogP contribution < -0.4 is 15.3 Å². The number of nitrogens with zero attached hydrogens (tertiary/aromatic N) is 2. The van der Waals surface area contributed by atoms with E-state index in [1.54, 1.807) is 23.0 Å². The fourth-order valence-corrected chi connectivity index (χ4v) is 2.70. The molecule has 0 saturated carbocycles. The van der Waals surface area contributed by atoms with Crippen molar-refractivity contribution in [1.82, 2.24) is 5.27 Å². The smallest absolute Gasteiger partial charge is 0.308 e. The summed E-state index contributed by atoms with van der Waals surface area (Å²) < 4.78 is 6.88. The van der Waals surface area contributed by atoms with Gasteiger partial charge in [0, 0.05) is 24.1 Å².